The number of amides is 1. The number of carbonyl (C=O) groups is 1. The first-order valence-corrected chi connectivity index (χ1v) is 5.06. The van der Waals surface area contributed by atoms with Crippen molar-refractivity contribution < 1.29 is 9.32 Å². The molecule has 76 valence electrons. The van der Waals surface area contributed by atoms with E-state index in [1.807, 2.05) is 0 Å². The highest BCUT2D eigenvalue weighted by Gasteiger charge is 2.29. The minimum Gasteiger partial charge on any atom is -0.364 e. The fourth-order valence-corrected chi connectivity index (χ4v) is 1.83. The van der Waals surface area contributed by atoms with Gasteiger partial charge in [0.15, 0.2) is 0 Å². The van der Waals surface area contributed by atoms with E-state index < -0.39 is 0 Å². The number of hydrogen-bond donors (Lipinski definition) is 0. The van der Waals surface area contributed by atoms with Gasteiger partial charge in [-0.1, -0.05) is 5.16 Å². The van der Waals surface area contributed by atoms with Crippen LogP contribution in [-0.2, 0) is 11.3 Å². The third kappa shape index (κ3) is 1.90. The van der Waals surface area contributed by atoms with Crippen molar-refractivity contribution in [2.24, 2.45) is 5.92 Å². The Morgan fingerprint density at radius 1 is 1.71 bits per heavy atom. The molecule has 1 aliphatic rings. The quantitative estimate of drug-likeness (QED) is 0.712. The zero-order chi connectivity index (χ0) is 9.97. The smallest absolute Gasteiger partial charge is 0.223 e. The van der Waals surface area contributed by atoms with Crippen molar-refractivity contribution in [3.05, 3.63) is 18.0 Å². The van der Waals surface area contributed by atoms with Crippen molar-refractivity contribution >= 4 is 17.5 Å². The van der Waals surface area contributed by atoms with Crippen molar-refractivity contribution in [1.29, 1.82) is 0 Å². The standard InChI is InChI=1S/C9H11ClN2O2/c10-4-7-3-9(13)12(5-7)6-8-1-2-14-11-8/h1-2,7H,3-6H2. The number of aromatic nitrogens is 1. The first kappa shape index (κ1) is 9.52. The van der Waals surface area contributed by atoms with E-state index in [1.54, 1.807) is 11.0 Å². The van der Waals surface area contributed by atoms with E-state index in [0.717, 1.165) is 12.2 Å². The summed E-state index contributed by atoms with van der Waals surface area (Å²) in [7, 11) is 0. The highest BCUT2D eigenvalue weighted by molar-refractivity contribution is 6.18. The molecule has 1 aromatic heterocycles. The molecule has 0 saturated carbocycles. The van der Waals surface area contributed by atoms with E-state index in [-0.39, 0.29) is 11.8 Å². The minimum absolute atomic E-state index is 0.152. The Morgan fingerprint density at radius 3 is 3.14 bits per heavy atom. The molecule has 1 atom stereocenters. The zero-order valence-corrected chi connectivity index (χ0v) is 8.41. The van der Waals surface area contributed by atoms with E-state index in [1.165, 1.54) is 6.26 Å². The average Bonchev–Trinajstić information content (AvgIpc) is 2.78. The molecule has 5 heteroatoms. The first-order valence-electron chi connectivity index (χ1n) is 4.52. The van der Waals surface area contributed by atoms with Gasteiger partial charge in [-0.05, 0) is 5.92 Å². The zero-order valence-electron chi connectivity index (χ0n) is 7.65. The monoisotopic (exact) mass is 214 g/mol. The Morgan fingerprint density at radius 2 is 2.57 bits per heavy atom. The molecule has 1 aliphatic heterocycles. The largest absolute Gasteiger partial charge is 0.364 e. The van der Waals surface area contributed by atoms with E-state index in [9.17, 15) is 4.79 Å². The average molecular weight is 215 g/mol. The molecule has 4 nitrogen and oxygen atoms in total. The second-order valence-electron chi connectivity index (χ2n) is 3.49. The maximum atomic E-state index is 11.5. The third-order valence-corrected chi connectivity index (χ3v) is 2.79. The molecule has 0 N–H and O–H groups in total. The second-order valence-corrected chi connectivity index (χ2v) is 3.80. The minimum atomic E-state index is 0.152. The summed E-state index contributed by atoms with van der Waals surface area (Å²) in [5, 5.41) is 3.76. The normalized spacial score (nSPS) is 21.9. The number of hydrogen-bond acceptors (Lipinski definition) is 3. The highest BCUT2D eigenvalue weighted by Crippen LogP contribution is 2.20. The van der Waals surface area contributed by atoms with Gasteiger partial charge in [-0.15, -0.1) is 11.6 Å². The van der Waals surface area contributed by atoms with Crippen LogP contribution in [0.1, 0.15) is 12.1 Å². The number of rotatable bonds is 3. The second kappa shape index (κ2) is 4.00. The van der Waals surface area contributed by atoms with Crippen LogP contribution in [0.15, 0.2) is 16.9 Å². The lowest BCUT2D eigenvalue weighted by Crippen LogP contribution is -2.24. The number of carbonyl (C=O) groups excluding carboxylic acids is 1. The van der Waals surface area contributed by atoms with Crippen LogP contribution in [-0.4, -0.2) is 28.4 Å². The summed E-state index contributed by atoms with van der Waals surface area (Å²) in [5.74, 6) is 0.982. The molecular formula is C9H11ClN2O2. The molecule has 1 unspecified atom stereocenters. The summed E-state index contributed by atoms with van der Waals surface area (Å²) in [5.41, 5.74) is 0.786. The van der Waals surface area contributed by atoms with Crippen LogP contribution in [0, 0.1) is 5.92 Å². The van der Waals surface area contributed by atoms with E-state index in [0.29, 0.717) is 18.8 Å². The van der Waals surface area contributed by atoms with Gasteiger partial charge < -0.3 is 9.42 Å². The predicted molar refractivity (Wildman–Crippen MR) is 50.7 cm³/mol. The Labute approximate surface area is 86.8 Å². The van der Waals surface area contributed by atoms with Crippen LogP contribution >= 0.6 is 11.6 Å². The van der Waals surface area contributed by atoms with Gasteiger partial charge in [0.2, 0.25) is 5.91 Å². The highest BCUT2D eigenvalue weighted by atomic mass is 35.5. The van der Waals surface area contributed by atoms with Crippen LogP contribution in [0.4, 0.5) is 0 Å². The topological polar surface area (TPSA) is 46.3 Å². The molecule has 2 rings (SSSR count). The number of halogens is 1. The summed E-state index contributed by atoms with van der Waals surface area (Å²) in [6, 6.07) is 1.77. The van der Waals surface area contributed by atoms with E-state index in [4.69, 9.17) is 16.1 Å². The predicted octanol–water partition coefficient (Wildman–Crippen LogP) is 1.26. The van der Waals surface area contributed by atoms with Crippen molar-refractivity contribution in [3.63, 3.8) is 0 Å². The van der Waals surface area contributed by atoms with Gasteiger partial charge in [0.25, 0.3) is 0 Å². The summed E-state index contributed by atoms with van der Waals surface area (Å²) >= 11 is 5.71. The number of alkyl halides is 1. The van der Waals surface area contributed by atoms with Crippen molar-refractivity contribution in [2.75, 3.05) is 12.4 Å². The van der Waals surface area contributed by atoms with Gasteiger partial charge in [0, 0.05) is 24.9 Å². The van der Waals surface area contributed by atoms with Crippen LogP contribution in [0.5, 0.6) is 0 Å². The van der Waals surface area contributed by atoms with E-state index in [2.05, 4.69) is 5.16 Å². The fraction of sp³-hybridized carbons (Fsp3) is 0.556. The molecular weight excluding hydrogens is 204 g/mol. The molecule has 1 saturated heterocycles. The molecule has 2 heterocycles. The Kier molecular flexibility index (Phi) is 2.72. The lowest BCUT2D eigenvalue weighted by molar-refractivity contribution is -0.128. The Bertz CT molecular complexity index is 313. The third-order valence-electron chi connectivity index (χ3n) is 2.36. The molecule has 0 bridgehead atoms. The van der Waals surface area contributed by atoms with Crippen LogP contribution in [0.3, 0.4) is 0 Å². The van der Waals surface area contributed by atoms with Crippen molar-refractivity contribution in [1.82, 2.24) is 10.1 Å². The van der Waals surface area contributed by atoms with Gasteiger partial charge >= 0.3 is 0 Å². The van der Waals surface area contributed by atoms with Crippen LogP contribution < -0.4 is 0 Å². The van der Waals surface area contributed by atoms with Gasteiger partial charge in [-0.2, -0.15) is 0 Å². The molecule has 1 fully saturated rings. The molecule has 14 heavy (non-hydrogen) atoms. The Hall–Kier alpha value is -1.03. The molecule has 0 aliphatic carbocycles. The fourth-order valence-electron chi connectivity index (χ4n) is 1.62. The van der Waals surface area contributed by atoms with Crippen LogP contribution in [0.2, 0.25) is 0 Å². The maximum absolute atomic E-state index is 11.5. The maximum Gasteiger partial charge on any atom is 0.223 e. The summed E-state index contributed by atoms with van der Waals surface area (Å²) in [6.45, 7) is 1.26. The summed E-state index contributed by atoms with van der Waals surface area (Å²) in [4.78, 5) is 13.2. The molecule has 0 aromatic carbocycles. The summed E-state index contributed by atoms with van der Waals surface area (Å²) < 4.78 is 4.70. The van der Waals surface area contributed by atoms with Crippen molar-refractivity contribution in [3.8, 4) is 0 Å². The lowest BCUT2D eigenvalue weighted by Gasteiger charge is -2.13. The van der Waals surface area contributed by atoms with E-state index >= 15 is 0 Å². The van der Waals surface area contributed by atoms with Crippen LogP contribution in [0.25, 0.3) is 0 Å². The molecule has 0 spiro atoms. The van der Waals surface area contributed by atoms with Gasteiger partial charge in [-0.3, -0.25) is 4.79 Å². The van der Waals surface area contributed by atoms with Gasteiger partial charge in [0.1, 0.15) is 12.0 Å². The summed E-state index contributed by atoms with van der Waals surface area (Å²) in [6.07, 6.45) is 2.07. The van der Waals surface area contributed by atoms with Gasteiger partial charge in [-0.25, -0.2) is 0 Å². The Balaban J connectivity index is 1.96. The molecule has 1 amide bonds. The molecule has 0 radical (unpaired) electrons. The van der Waals surface area contributed by atoms with Gasteiger partial charge in [0.05, 0.1) is 6.54 Å². The van der Waals surface area contributed by atoms with Crippen molar-refractivity contribution in [2.45, 2.75) is 13.0 Å². The number of nitrogens with zero attached hydrogens (tertiary/aromatic N) is 2. The SMILES string of the molecule is O=C1CC(CCl)CN1Cc1ccon1. The lowest BCUT2D eigenvalue weighted by atomic mass is 10.1. The molecule has 1 aromatic rings. The number of likely N-dealkylation sites (tertiary alicyclic amines) is 1. The first-order chi connectivity index (χ1) is 6.79.